The molecule has 0 aliphatic carbocycles. The van der Waals surface area contributed by atoms with Crippen molar-refractivity contribution in [3.63, 3.8) is 0 Å². The third kappa shape index (κ3) is 2.30. The Balaban J connectivity index is 2.55. The minimum Gasteiger partial charge on any atom is -0.389 e. The number of nitrogens with two attached hydrogens (primary N) is 1. The van der Waals surface area contributed by atoms with Crippen LogP contribution in [0.25, 0.3) is 5.69 Å². The highest BCUT2D eigenvalue weighted by molar-refractivity contribution is 9.10. The lowest BCUT2D eigenvalue weighted by atomic mass is 10.2. The van der Waals surface area contributed by atoms with E-state index in [0.29, 0.717) is 15.6 Å². The van der Waals surface area contributed by atoms with Crippen molar-refractivity contribution in [1.82, 2.24) is 9.78 Å². The van der Waals surface area contributed by atoms with Crippen molar-refractivity contribution in [1.29, 1.82) is 0 Å². The maximum atomic E-state index is 6.15. The number of halogens is 2. The van der Waals surface area contributed by atoms with Crippen LogP contribution in [0, 0.1) is 13.8 Å². The van der Waals surface area contributed by atoms with E-state index in [9.17, 15) is 0 Å². The molecule has 6 heteroatoms. The van der Waals surface area contributed by atoms with E-state index in [1.54, 1.807) is 0 Å². The van der Waals surface area contributed by atoms with Gasteiger partial charge >= 0.3 is 0 Å². The lowest BCUT2D eigenvalue weighted by Gasteiger charge is -2.07. The van der Waals surface area contributed by atoms with Gasteiger partial charge in [-0.1, -0.05) is 23.8 Å². The topological polar surface area (TPSA) is 43.8 Å². The molecule has 0 saturated heterocycles. The van der Waals surface area contributed by atoms with Gasteiger partial charge in [-0.25, -0.2) is 4.68 Å². The lowest BCUT2D eigenvalue weighted by molar-refractivity contribution is 0.833. The van der Waals surface area contributed by atoms with Gasteiger partial charge < -0.3 is 5.73 Å². The molecule has 1 aromatic carbocycles. The van der Waals surface area contributed by atoms with Gasteiger partial charge in [0.2, 0.25) is 0 Å². The van der Waals surface area contributed by atoms with E-state index in [2.05, 4.69) is 21.0 Å². The summed E-state index contributed by atoms with van der Waals surface area (Å²) in [5.41, 5.74) is 9.09. The molecule has 0 radical (unpaired) electrons. The molecule has 94 valence electrons. The average molecular weight is 345 g/mol. The van der Waals surface area contributed by atoms with Crippen LogP contribution in [0.2, 0.25) is 5.02 Å². The highest BCUT2D eigenvalue weighted by Gasteiger charge is 2.12. The molecule has 3 nitrogen and oxygen atoms in total. The molecule has 18 heavy (non-hydrogen) atoms. The summed E-state index contributed by atoms with van der Waals surface area (Å²) in [7, 11) is 0. The van der Waals surface area contributed by atoms with Crippen LogP contribution in [-0.4, -0.2) is 14.8 Å². The first-order valence-electron chi connectivity index (χ1n) is 5.23. The molecule has 2 aromatic rings. The fraction of sp³-hybridized carbons (Fsp3) is 0.167. The Morgan fingerprint density at radius 1 is 1.44 bits per heavy atom. The molecular formula is C12H11BrClN3S. The zero-order valence-electron chi connectivity index (χ0n) is 9.87. The van der Waals surface area contributed by atoms with Crippen LogP contribution in [0.5, 0.6) is 0 Å². The van der Waals surface area contributed by atoms with Crippen LogP contribution in [0.4, 0.5) is 0 Å². The first-order valence-corrected chi connectivity index (χ1v) is 6.81. The lowest BCUT2D eigenvalue weighted by Crippen LogP contribution is -2.10. The van der Waals surface area contributed by atoms with Gasteiger partial charge in [-0.3, -0.25) is 0 Å². The molecule has 2 rings (SSSR count). The molecule has 0 unspecified atom stereocenters. The first-order chi connectivity index (χ1) is 8.41. The summed E-state index contributed by atoms with van der Waals surface area (Å²) in [6, 6.07) is 5.51. The van der Waals surface area contributed by atoms with Crippen LogP contribution in [0.1, 0.15) is 17.0 Å². The van der Waals surface area contributed by atoms with Crippen molar-refractivity contribution in [3.05, 3.63) is 44.6 Å². The summed E-state index contributed by atoms with van der Waals surface area (Å²) >= 11 is 14.6. The van der Waals surface area contributed by atoms with Crippen LogP contribution in [0.15, 0.2) is 22.7 Å². The minimum absolute atomic E-state index is 0.293. The zero-order valence-corrected chi connectivity index (χ0v) is 13.0. The number of hydrogen-bond acceptors (Lipinski definition) is 2. The molecule has 1 aromatic heterocycles. The highest BCUT2D eigenvalue weighted by Crippen LogP contribution is 2.25. The highest BCUT2D eigenvalue weighted by atomic mass is 79.9. The Morgan fingerprint density at radius 2 is 2.11 bits per heavy atom. The van der Waals surface area contributed by atoms with Crippen LogP contribution >= 0.6 is 39.7 Å². The predicted molar refractivity (Wildman–Crippen MR) is 81.6 cm³/mol. The second-order valence-corrected chi connectivity index (χ2v) is 5.57. The summed E-state index contributed by atoms with van der Waals surface area (Å²) in [6.07, 6.45) is 0. The Morgan fingerprint density at radius 3 is 2.56 bits per heavy atom. The van der Waals surface area contributed by atoms with Crippen LogP contribution < -0.4 is 5.73 Å². The van der Waals surface area contributed by atoms with Crippen molar-refractivity contribution in [2.24, 2.45) is 5.73 Å². The molecule has 0 saturated carbocycles. The molecule has 0 spiro atoms. The standard InChI is InChI=1S/C12H11BrClN3S/c1-6-11(13)7(2)17(16-6)8-3-4-9(12(15)18)10(14)5-8/h3-5H,1-2H3,(H2,15,18). The van der Waals surface area contributed by atoms with Crippen molar-refractivity contribution < 1.29 is 0 Å². The van der Waals surface area contributed by atoms with Gasteiger partial charge in [0.05, 0.1) is 26.6 Å². The smallest absolute Gasteiger partial charge is 0.105 e. The number of hydrogen-bond donors (Lipinski definition) is 1. The first kappa shape index (κ1) is 13.5. The van der Waals surface area contributed by atoms with Gasteiger partial charge in [-0.15, -0.1) is 0 Å². The van der Waals surface area contributed by atoms with Crippen LogP contribution in [0.3, 0.4) is 0 Å². The van der Waals surface area contributed by atoms with E-state index in [0.717, 1.165) is 21.5 Å². The monoisotopic (exact) mass is 343 g/mol. The Kier molecular flexibility index (Phi) is 3.75. The Labute approximate surface area is 124 Å². The summed E-state index contributed by atoms with van der Waals surface area (Å²) < 4.78 is 2.83. The van der Waals surface area contributed by atoms with Gasteiger partial charge in [-0.2, -0.15) is 5.10 Å². The van der Waals surface area contributed by atoms with Gasteiger partial charge in [0.25, 0.3) is 0 Å². The number of aromatic nitrogens is 2. The summed E-state index contributed by atoms with van der Waals surface area (Å²) in [5, 5.41) is 4.97. The van der Waals surface area contributed by atoms with Crippen molar-refractivity contribution in [2.75, 3.05) is 0 Å². The largest absolute Gasteiger partial charge is 0.389 e. The number of rotatable bonds is 2. The molecule has 0 bridgehead atoms. The number of nitrogens with zero attached hydrogens (tertiary/aromatic N) is 2. The average Bonchev–Trinajstić information content (AvgIpc) is 2.56. The van der Waals surface area contributed by atoms with Crippen LogP contribution in [-0.2, 0) is 0 Å². The summed E-state index contributed by atoms with van der Waals surface area (Å²) in [4.78, 5) is 0.293. The number of thiocarbonyl (C=S) groups is 1. The SMILES string of the molecule is Cc1nn(-c2ccc(C(N)=S)c(Cl)c2)c(C)c1Br. The van der Waals surface area contributed by atoms with E-state index in [4.69, 9.17) is 29.6 Å². The van der Waals surface area contributed by atoms with Gasteiger partial charge in [0.1, 0.15) is 4.99 Å². The maximum Gasteiger partial charge on any atom is 0.105 e. The van der Waals surface area contributed by atoms with E-state index in [1.165, 1.54) is 0 Å². The van der Waals surface area contributed by atoms with E-state index >= 15 is 0 Å². The maximum absolute atomic E-state index is 6.15. The van der Waals surface area contributed by atoms with Gasteiger partial charge in [0, 0.05) is 5.56 Å². The van der Waals surface area contributed by atoms with Crippen molar-refractivity contribution >= 4 is 44.7 Å². The molecule has 0 fully saturated rings. The normalized spacial score (nSPS) is 10.7. The van der Waals surface area contributed by atoms with Crippen molar-refractivity contribution in [3.8, 4) is 5.69 Å². The minimum atomic E-state index is 0.293. The van der Waals surface area contributed by atoms with E-state index < -0.39 is 0 Å². The molecule has 0 aliphatic heterocycles. The quantitative estimate of drug-likeness (QED) is 0.848. The van der Waals surface area contributed by atoms with Gasteiger partial charge in [-0.05, 0) is 48.0 Å². The molecule has 1 heterocycles. The summed E-state index contributed by atoms with van der Waals surface area (Å²) in [5.74, 6) is 0. The Bertz CT molecular complexity index is 636. The third-order valence-corrected chi connectivity index (χ3v) is 4.35. The van der Waals surface area contributed by atoms with E-state index in [1.807, 2.05) is 36.7 Å². The number of aryl methyl sites for hydroxylation is 1. The summed E-state index contributed by atoms with van der Waals surface area (Å²) in [6.45, 7) is 3.93. The molecule has 0 aliphatic rings. The van der Waals surface area contributed by atoms with E-state index in [-0.39, 0.29) is 0 Å². The third-order valence-electron chi connectivity index (χ3n) is 2.67. The molecule has 0 atom stereocenters. The second-order valence-electron chi connectivity index (χ2n) is 3.93. The van der Waals surface area contributed by atoms with Gasteiger partial charge in [0.15, 0.2) is 0 Å². The number of benzene rings is 1. The molecular weight excluding hydrogens is 334 g/mol. The zero-order chi connectivity index (χ0) is 13.4. The van der Waals surface area contributed by atoms with Crippen molar-refractivity contribution in [2.45, 2.75) is 13.8 Å². The second kappa shape index (κ2) is 4.99. The Hall–Kier alpha value is -0.910. The fourth-order valence-electron chi connectivity index (χ4n) is 1.71. The molecule has 0 amide bonds. The fourth-order valence-corrected chi connectivity index (χ4v) is 2.47. The molecule has 2 N–H and O–H groups in total. The predicted octanol–water partition coefficient (Wildman–Crippen LogP) is 3.54.